The van der Waals surface area contributed by atoms with Gasteiger partial charge in [0.05, 0.1) is 18.2 Å². The van der Waals surface area contributed by atoms with E-state index in [1.54, 1.807) is 30.3 Å². The molecule has 0 radical (unpaired) electrons. The number of hydrogen-bond acceptors (Lipinski definition) is 4. The van der Waals surface area contributed by atoms with Gasteiger partial charge in [-0.25, -0.2) is 9.78 Å². The Morgan fingerprint density at radius 1 is 1.32 bits per heavy atom. The third-order valence-electron chi connectivity index (χ3n) is 2.63. The molecule has 94 valence electrons. The maximum Gasteiger partial charge on any atom is 0.337 e. The highest BCUT2D eigenvalue weighted by Crippen LogP contribution is 2.27. The van der Waals surface area contributed by atoms with Crippen LogP contribution in [0.3, 0.4) is 0 Å². The molecule has 1 heterocycles. The van der Waals surface area contributed by atoms with Gasteiger partial charge in [0.15, 0.2) is 0 Å². The SMILES string of the molecule is COC(=O)c1ccc(-c2ccnc(Cl)c2C#N)cc1. The van der Waals surface area contributed by atoms with Crippen LogP contribution in [0.5, 0.6) is 0 Å². The summed E-state index contributed by atoms with van der Waals surface area (Å²) < 4.78 is 4.62. The average molecular weight is 273 g/mol. The molecule has 1 aromatic carbocycles. The number of nitrogens with zero attached hydrogens (tertiary/aromatic N) is 2. The van der Waals surface area contributed by atoms with E-state index in [1.165, 1.54) is 13.3 Å². The van der Waals surface area contributed by atoms with Gasteiger partial charge in [0.1, 0.15) is 11.2 Å². The predicted octanol–water partition coefficient (Wildman–Crippen LogP) is 3.06. The molecule has 0 atom stereocenters. The van der Waals surface area contributed by atoms with Gasteiger partial charge in [0.2, 0.25) is 0 Å². The lowest BCUT2D eigenvalue weighted by molar-refractivity contribution is 0.0601. The quantitative estimate of drug-likeness (QED) is 0.623. The van der Waals surface area contributed by atoms with Crippen molar-refractivity contribution < 1.29 is 9.53 Å². The lowest BCUT2D eigenvalue weighted by atomic mass is 10.0. The Labute approximate surface area is 115 Å². The molecule has 1 aromatic heterocycles. The van der Waals surface area contributed by atoms with Crippen LogP contribution in [0.4, 0.5) is 0 Å². The molecule has 0 bridgehead atoms. The second-order valence-corrected chi connectivity index (χ2v) is 4.06. The largest absolute Gasteiger partial charge is 0.465 e. The van der Waals surface area contributed by atoms with Crippen LogP contribution < -0.4 is 0 Å². The van der Waals surface area contributed by atoms with E-state index in [0.717, 1.165) is 5.56 Å². The van der Waals surface area contributed by atoms with Gasteiger partial charge in [-0.15, -0.1) is 0 Å². The van der Waals surface area contributed by atoms with E-state index in [2.05, 4.69) is 9.72 Å². The molecule has 0 spiro atoms. The first-order valence-electron chi connectivity index (χ1n) is 5.40. The van der Waals surface area contributed by atoms with Crippen molar-refractivity contribution in [2.24, 2.45) is 0 Å². The zero-order chi connectivity index (χ0) is 13.8. The Morgan fingerprint density at radius 3 is 2.58 bits per heavy atom. The minimum absolute atomic E-state index is 0.164. The minimum Gasteiger partial charge on any atom is -0.465 e. The number of carbonyl (C=O) groups is 1. The zero-order valence-electron chi connectivity index (χ0n) is 10.1. The predicted molar refractivity (Wildman–Crippen MR) is 70.7 cm³/mol. The van der Waals surface area contributed by atoms with Crippen molar-refractivity contribution in [1.29, 1.82) is 5.26 Å². The summed E-state index contributed by atoms with van der Waals surface area (Å²) in [7, 11) is 1.33. The van der Waals surface area contributed by atoms with Gasteiger partial charge >= 0.3 is 5.97 Å². The highest BCUT2D eigenvalue weighted by molar-refractivity contribution is 6.31. The Kier molecular flexibility index (Phi) is 3.79. The summed E-state index contributed by atoms with van der Waals surface area (Å²) in [5.41, 5.74) is 2.23. The van der Waals surface area contributed by atoms with Gasteiger partial charge in [-0.05, 0) is 23.8 Å². The summed E-state index contributed by atoms with van der Waals surface area (Å²) in [6.45, 7) is 0. The van der Waals surface area contributed by atoms with Crippen LogP contribution in [0.15, 0.2) is 36.5 Å². The first kappa shape index (κ1) is 13.1. The summed E-state index contributed by atoms with van der Waals surface area (Å²) in [4.78, 5) is 15.2. The van der Waals surface area contributed by atoms with Crippen molar-refractivity contribution in [1.82, 2.24) is 4.98 Å². The standard InChI is InChI=1S/C14H9ClN2O2/c1-19-14(18)10-4-2-9(3-5-10)11-6-7-17-13(15)12(11)8-16/h2-7H,1H3. The number of esters is 1. The van der Waals surface area contributed by atoms with E-state index < -0.39 is 5.97 Å². The molecule has 0 aliphatic rings. The van der Waals surface area contributed by atoms with Gasteiger partial charge in [0.25, 0.3) is 0 Å². The molecule has 0 saturated heterocycles. The first-order chi connectivity index (χ1) is 9.17. The van der Waals surface area contributed by atoms with Crippen molar-refractivity contribution in [2.75, 3.05) is 7.11 Å². The van der Waals surface area contributed by atoms with E-state index in [0.29, 0.717) is 16.7 Å². The minimum atomic E-state index is -0.403. The fourth-order valence-corrected chi connectivity index (χ4v) is 1.89. The summed E-state index contributed by atoms with van der Waals surface area (Å²) in [5.74, 6) is -0.403. The number of carbonyl (C=O) groups excluding carboxylic acids is 1. The number of nitriles is 1. The van der Waals surface area contributed by atoms with E-state index >= 15 is 0 Å². The number of ether oxygens (including phenoxy) is 1. The van der Waals surface area contributed by atoms with Crippen LogP contribution in [0.2, 0.25) is 5.15 Å². The van der Waals surface area contributed by atoms with Crippen LogP contribution in [0.1, 0.15) is 15.9 Å². The summed E-state index contributed by atoms with van der Waals surface area (Å²) in [6.07, 6.45) is 1.53. The topological polar surface area (TPSA) is 63.0 Å². The molecule has 5 heteroatoms. The molecule has 0 N–H and O–H groups in total. The monoisotopic (exact) mass is 272 g/mol. The Morgan fingerprint density at radius 2 is 2.00 bits per heavy atom. The maximum absolute atomic E-state index is 11.3. The lowest BCUT2D eigenvalue weighted by Gasteiger charge is -2.06. The fraction of sp³-hybridized carbons (Fsp3) is 0.0714. The van der Waals surface area contributed by atoms with Crippen molar-refractivity contribution in [3.05, 3.63) is 52.8 Å². The first-order valence-corrected chi connectivity index (χ1v) is 5.78. The third-order valence-corrected chi connectivity index (χ3v) is 2.92. The van der Waals surface area contributed by atoms with E-state index in [4.69, 9.17) is 16.9 Å². The smallest absolute Gasteiger partial charge is 0.337 e. The molecule has 19 heavy (non-hydrogen) atoms. The van der Waals surface area contributed by atoms with Gasteiger partial charge in [-0.1, -0.05) is 23.7 Å². The van der Waals surface area contributed by atoms with Crippen LogP contribution in [0.25, 0.3) is 11.1 Å². The van der Waals surface area contributed by atoms with Gasteiger partial charge in [-0.2, -0.15) is 5.26 Å². The molecular weight excluding hydrogens is 264 g/mol. The van der Waals surface area contributed by atoms with E-state index in [-0.39, 0.29) is 5.15 Å². The van der Waals surface area contributed by atoms with Crippen LogP contribution in [0, 0.1) is 11.3 Å². The second kappa shape index (κ2) is 5.51. The molecule has 4 nitrogen and oxygen atoms in total. The highest BCUT2D eigenvalue weighted by atomic mass is 35.5. The van der Waals surface area contributed by atoms with E-state index in [9.17, 15) is 4.79 Å². The van der Waals surface area contributed by atoms with Crippen LogP contribution in [-0.2, 0) is 4.74 Å². The second-order valence-electron chi connectivity index (χ2n) is 3.71. The number of benzene rings is 1. The highest BCUT2D eigenvalue weighted by Gasteiger charge is 2.11. The third kappa shape index (κ3) is 2.56. The van der Waals surface area contributed by atoms with Crippen LogP contribution in [-0.4, -0.2) is 18.1 Å². The number of rotatable bonds is 2. The molecule has 0 amide bonds. The molecule has 0 unspecified atom stereocenters. The van der Waals surface area contributed by atoms with Crippen molar-refractivity contribution in [3.63, 3.8) is 0 Å². The van der Waals surface area contributed by atoms with Crippen LogP contribution >= 0.6 is 11.6 Å². The Balaban J connectivity index is 2.47. The average Bonchev–Trinajstić information content (AvgIpc) is 2.46. The maximum atomic E-state index is 11.3. The van der Waals surface area contributed by atoms with Crippen molar-refractivity contribution in [2.45, 2.75) is 0 Å². The number of pyridine rings is 1. The zero-order valence-corrected chi connectivity index (χ0v) is 10.8. The number of halogens is 1. The number of hydrogen-bond donors (Lipinski definition) is 0. The number of methoxy groups -OCH3 is 1. The lowest BCUT2D eigenvalue weighted by Crippen LogP contribution is -2.00. The molecular formula is C14H9ClN2O2. The Bertz CT molecular complexity index is 660. The molecule has 0 aliphatic heterocycles. The van der Waals surface area contributed by atoms with Gasteiger partial charge < -0.3 is 4.74 Å². The van der Waals surface area contributed by atoms with Gasteiger partial charge in [0, 0.05) is 11.8 Å². The molecule has 0 saturated carbocycles. The fourth-order valence-electron chi connectivity index (χ4n) is 1.69. The summed E-state index contributed by atoms with van der Waals surface area (Å²) in [6, 6.07) is 10.5. The summed E-state index contributed by atoms with van der Waals surface area (Å²) >= 11 is 5.88. The number of aromatic nitrogens is 1. The molecule has 2 aromatic rings. The van der Waals surface area contributed by atoms with Crippen molar-refractivity contribution in [3.8, 4) is 17.2 Å². The van der Waals surface area contributed by atoms with Crippen molar-refractivity contribution >= 4 is 17.6 Å². The molecule has 2 rings (SSSR count). The van der Waals surface area contributed by atoms with Gasteiger partial charge in [-0.3, -0.25) is 0 Å². The molecule has 0 aliphatic carbocycles. The van der Waals surface area contributed by atoms with E-state index in [1.807, 2.05) is 6.07 Å². The summed E-state index contributed by atoms with van der Waals surface area (Å²) in [5, 5.41) is 9.26. The molecule has 0 fully saturated rings. The Hall–Kier alpha value is -2.38. The normalized spacial score (nSPS) is 9.74.